The van der Waals surface area contributed by atoms with Gasteiger partial charge in [-0.15, -0.1) is 24.0 Å². The number of hydrogen-bond acceptors (Lipinski definition) is 3. The molecule has 0 aliphatic carbocycles. The van der Waals surface area contributed by atoms with Crippen LogP contribution in [0.5, 0.6) is 5.75 Å². The lowest BCUT2D eigenvalue weighted by molar-refractivity contribution is 0.167. The van der Waals surface area contributed by atoms with Crippen molar-refractivity contribution in [3.05, 3.63) is 29.8 Å². The van der Waals surface area contributed by atoms with Crippen LogP contribution in [0.4, 0.5) is 8.78 Å². The van der Waals surface area contributed by atoms with E-state index in [9.17, 15) is 8.78 Å². The van der Waals surface area contributed by atoms with Gasteiger partial charge >= 0.3 is 0 Å². The fourth-order valence-corrected chi connectivity index (χ4v) is 2.98. The largest absolute Gasteiger partial charge is 0.489 e. The molecule has 154 valence electrons. The minimum Gasteiger partial charge on any atom is -0.489 e. The van der Waals surface area contributed by atoms with Gasteiger partial charge in [0.15, 0.2) is 17.5 Å². The lowest BCUT2D eigenvalue weighted by Crippen LogP contribution is -2.50. The van der Waals surface area contributed by atoms with Crippen LogP contribution >= 0.6 is 24.0 Å². The molecule has 0 radical (unpaired) electrons. The molecule has 0 unspecified atom stereocenters. The van der Waals surface area contributed by atoms with Crippen molar-refractivity contribution in [3.8, 4) is 5.75 Å². The third-order valence-corrected chi connectivity index (χ3v) is 4.46. The van der Waals surface area contributed by atoms with Gasteiger partial charge in [0.2, 0.25) is 0 Å². The van der Waals surface area contributed by atoms with Gasteiger partial charge in [0.1, 0.15) is 12.4 Å². The van der Waals surface area contributed by atoms with Gasteiger partial charge in [0.05, 0.1) is 6.54 Å². The highest BCUT2D eigenvalue weighted by atomic mass is 127. The summed E-state index contributed by atoms with van der Waals surface area (Å²) in [4.78, 5) is 6.96. The second-order valence-corrected chi connectivity index (χ2v) is 6.73. The molecule has 8 heteroatoms. The highest BCUT2D eigenvalue weighted by Crippen LogP contribution is 2.17. The molecule has 0 atom stereocenters. The van der Waals surface area contributed by atoms with Gasteiger partial charge in [-0.3, -0.25) is 0 Å². The summed E-state index contributed by atoms with van der Waals surface area (Å²) in [5.74, 6) is -0.523. The first-order valence-corrected chi connectivity index (χ1v) is 9.36. The molecule has 0 aromatic heterocycles. The fourth-order valence-electron chi connectivity index (χ4n) is 2.98. The number of rotatable bonds is 7. The number of nitrogens with one attached hydrogen (secondary N) is 2. The van der Waals surface area contributed by atoms with E-state index in [1.807, 2.05) is 6.92 Å². The van der Waals surface area contributed by atoms with Crippen LogP contribution in [0.25, 0.3) is 0 Å². The SMILES string of the molecule is CCNC(=NCCOc1ccc(F)cc1F)NC1CCN(C(C)C)CC1.I. The average molecular weight is 496 g/mol. The van der Waals surface area contributed by atoms with Crippen molar-refractivity contribution >= 4 is 29.9 Å². The van der Waals surface area contributed by atoms with Crippen molar-refractivity contribution in [1.82, 2.24) is 15.5 Å². The molecule has 1 fully saturated rings. The number of halogens is 3. The Morgan fingerprint density at radius 1 is 1.30 bits per heavy atom. The second-order valence-electron chi connectivity index (χ2n) is 6.73. The van der Waals surface area contributed by atoms with E-state index in [4.69, 9.17) is 4.74 Å². The maximum Gasteiger partial charge on any atom is 0.191 e. The average Bonchev–Trinajstić information content (AvgIpc) is 2.60. The normalized spacial score (nSPS) is 16.1. The summed E-state index contributed by atoms with van der Waals surface area (Å²) in [7, 11) is 0. The van der Waals surface area contributed by atoms with E-state index in [1.54, 1.807) is 0 Å². The highest BCUT2D eigenvalue weighted by Gasteiger charge is 2.21. The monoisotopic (exact) mass is 496 g/mol. The number of benzene rings is 1. The Labute approximate surface area is 178 Å². The van der Waals surface area contributed by atoms with E-state index in [2.05, 4.69) is 34.4 Å². The van der Waals surface area contributed by atoms with Crippen molar-refractivity contribution in [3.63, 3.8) is 0 Å². The summed E-state index contributed by atoms with van der Waals surface area (Å²) in [5, 5.41) is 6.69. The lowest BCUT2D eigenvalue weighted by Gasteiger charge is -2.35. The zero-order chi connectivity index (χ0) is 18.9. The van der Waals surface area contributed by atoms with E-state index in [0.717, 1.165) is 44.5 Å². The Morgan fingerprint density at radius 3 is 2.59 bits per heavy atom. The van der Waals surface area contributed by atoms with Gasteiger partial charge in [0, 0.05) is 37.8 Å². The highest BCUT2D eigenvalue weighted by molar-refractivity contribution is 14.0. The maximum atomic E-state index is 13.5. The standard InChI is InChI=1S/C19H30F2N4O.HI/c1-4-22-19(24-16-7-10-25(11-8-16)14(2)3)23-9-12-26-18-6-5-15(20)13-17(18)21;/h5-6,13-14,16H,4,7-12H2,1-3H3,(H2,22,23,24);1H. The fraction of sp³-hybridized carbons (Fsp3) is 0.632. The summed E-state index contributed by atoms with van der Waals surface area (Å²) in [6.07, 6.45) is 2.17. The van der Waals surface area contributed by atoms with Crippen molar-refractivity contribution < 1.29 is 13.5 Å². The minimum absolute atomic E-state index is 0. The Morgan fingerprint density at radius 2 is 2.00 bits per heavy atom. The summed E-state index contributed by atoms with van der Waals surface area (Å²) in [6, 6.07) is 4.27. The van der Waals surface area contributed by atoms with Crippen LogP contribution in [-0.4, -0.2) is 55.7 Å². The lowest BCUT2D eigenvalue weighted by atomic mass is 10.0. The minimum atomic E-state index is -0.698. The number of aliphatic imine (C=N–C) groups is 1. The molecule has 0 saturated carbocycles. The third-order valence-electron chi connectivity index (χ3n) is 4.46. The van der Waals surface area contributed by atoms with Crippen LogP contribution in [0.15, 0.2) is 23.2 Å². The molecule has 2 N–H and O–H groups in total. The van der Waals surface area contributed by atoms with Crippen LogP contribution in [-0.2, 0) is 0 Å². The number of likely N-dealkylation sites (tertiary alicyclic amines) is 1. The van der Waals surface area contributed by atoms with Gasteiger partial charge in [-0.1, -0.05) is 0 Å². The first-order chi connectivity index (χ1) is 12.5. The van der Waals surface area contributed by atoms with Crippen LogP contribution in [0.3, 0.4) is 0 Å². The quantitative estimate of drug-likeness (QED) is 0.263. The van der Waals surface area contributed by atoms with Crippen LogP contribution in [0.1, 0.15) is 33.6 Å². The van der Waals surface area contributed by atoms with Crippen molar-refractivity contribution in [2.24, 2.45) is 4.99 Å². The molecule has 1 aromatic rings. The molecule has 1 saturated heterocycles. The Bertz CT molecular complexity index is 593. The molecule has 0 spiro atoms. The number of guanidine groups is 1. The van der Waals surface area contributed by atoms with E-state index in [-0.39, 0.29) is 36.3 Å². The number of nitrogens with zero attached hydrogens (tertiary/aromatic N) is 2. The van der Waals surface area contributed by atoms with Gasteiger partial charge in [-0.2, -0.15) is 0 Å². The molecule has 1 aliphatic rings. The second kappa shape index (κ2) is 12.3. The first kappa shape index (κ1) is 23.9. The van der Waals surface area contributed by atoms with Crippen LogP contribution in [0.2, 0.25) is 0 Å². The van der Waals surface area contributed by atoms with E-state index >= 15 is 0 Å². The number of piperidine rings is 1. The molecule has 1 aromatic carbocycles. The van der Waals surface area contributed by atoms with Crippen molar-refractivity contribution in [1.29, 1.82) is 0 Å². The molecular formula is C19H31F2IN4O. The van der Waals surface area contributed by atoms with E-state index in [0.29, 0.717) is 18.6 Å². The topological polar surface area (TPSA) is 48.9 Å². The molecule has 0 bridgehead atoms. The Kier molecular flexibility index (Phi) is 10.9. The predicted octanol–water partition coefficient (Wildman–Crippen LogP) is 3.39. The van der Waals surface area contributed by atoms with Gasteiger partial charge < -0.3 is 20.3 Å². The number of hydrogen-bond donors (Lipinski definition) is 2. The smallest absolute Gasteiger partial charge is 0.191 e. The third kappa shape index (κ3) is 8.16. The summed E-state index contributed by atoms with van der Waals surface area (Å²) in [5.41, 5.74) is 0. The number of ether oxygens (including phenoxy) is 1. The van der Waals surface area contributed by atoms with Gasteiger partial charge in [-0.05, 0) is 45.7 Å². The molecule has 2 rings (SSSR count). The summed E-state index contributed by atoms with van der Waals surface area (Å²) in [6.45, 7) is 10.0. The molecule has 1 heterocycles. The summed E-state index contributed by atoms with van der Waals surface area (Å²) < 4.78 is 31.7. The Balaban J connectivity index is 0.00000364. The molecular weight excluding hydrogens is 465 g/mol. The molecule has 1 aliphatic heterocycles. The van der Waals surface area contributed by atoms with Crippen LogP contribution in [0, 0.1) is 11.6 Å². The van der Waals surface area contributed by atoms with Gasteiger partial charge in [-0.25, -0.2) is 13.8 Å². The predicted molar refractivity (Wildman–Crippen MR) is 116 cm³/mol. The van der Waals surface area contributed by atoms with Crippen LogP contribution < -0.4 is 15.4 Å². The first-order valence-electron chi connectivity index (χ1n) is 9.36. The molecule has 0 amide bonds. The molecule has 27 heavy (non-hydrogen) atoms. The maximum absolute atomic E-state index is 13.5. The van der Waals surface area contributed by atoms with E-state index < -0.39 is 11.6 Å². The zero-order valence-electron chi connectivity index (χ0n) is 16.3. The summed E-state index contributed by atoms with van der Waals surface area (Å²) >= 11 is 0. The van der Waals surface area contributed by atoms with Crippen molar-refractivity contribution in [2.75, 3.05) is 32.8 Å². The van der Waals surface area contributed by atoms with Crippen molar-refractivity contribution in [2.45, 2.75) is 45.7 Å². The zero-order valence-corrected chi connectivity index (χ0v) is 18.6. The van der Waals surface area contributed by atoms with E-state index in [1.165, 1.54) is 12.1 Å². The Hall–Kier alpha value is -1.16. The van der Waals surface area contributed by atoms with Gasteiger partial charge in [0.25, 0.3) is 0 Å². The molecule has 5 nitrogen and oxygen atoms in total.